The van der Waals surface area contributed by atoms with Crippen molar-refractivity contribution < 1.29 is 37.3 Å². The van der Waals surface area contributed by atoms with Crippen molar-refractivity contribution in [1.82, 2.24) is 9.80 Å². The van der Waals surface area contributed by atoms with E-state index in [2.05, 4.69) is 9.80 Å². The Bertz CT molecular complexity index is 652. The number of hydrogen-bond donors (Lipinski definition) is 1. The molecule has 0 radical (unpaired) electrons. The number of carboxylic acids is 1. The first-order chi connectivity index (χ1) is 15.1. The number of amides is 1. The quantitative estimate of drug-likeness (QED) is 0.624. The predicted octanol–water partition coefficient (Wildman–Crippen LogP) is 2.79. The fourth-order valence-corrected chi connectivity index (χ4v) is 5.29. The summed E-state index contributed by atoms with van der Waals surface area (Å²) in [6.45, 7) is 6.43. The van der Waals surface area contributed by atoms with Gasteiger partial charge < -0.3 is 24.4 Å². The molecule has 2 aliphatic heterocycles. The molecular formula is C22H35F3N2O5. The van der Waals surface area contributed by atoms with Crippen molar-refractivity contribution in [3.63, 3.8) is 0 Å². The molecule has 2 saturated carbocycles. The number of alkyl halides is 3. The van der Waals surface area contributed by atoms with Crippen LogP contribution in [0.25, 0.3) is 0 Å². The summed E-state index contributed by atoms with van der Waals surface area (Å²) in [5.41, 5.74) is 0.244. The van der Waals surface area contributed by atoms with E-state index >= 15 is 0 Å². The lowest BCUT2D eigenvalue weighted by Gasteiger charge is -2.30. The third-order valence-electron chi connectivity index (χ3n) is 7.19. The minimum absolute atomic E-state index is 0.195. The number of hydrogen-bond acceptors (Lipinski definition) is 5. The lowest BCUT2D eigenvalue weighted by molar-refractivity contribution is -0.192. The van der Waals surface area contributed by atoms with Crippen LogP contribution in [-0.2, 0) is 19.1 Å². The number of halogens is 3. The van der Waals surface area contributed by atoms with Crippen molar-refractivity contribution in [2.75, 3.05) is 53.0 Å². The number of carboxylic acid groups (broad SMARTS) is 1. The van der Waals surface area contributed by atoms with E-state index in [1.807, 2.05) is 7.11 Å². The minimum Gasteiger partial charge on any atom is -0.475 e. The van der Waals surface area contributed by atoms with Crippen molar-refractivity contribution in [3.8, 4) is 0 Å². The molecule has 0 aromatic rings. The van der Waals surface area contributed by atoms with Gasteiger partial charge in [0.25, 0.3) is 0 Å². The molecule has 0 unspecified atom stereocenters. The molecule has 32 heavy (non-hydrogen) atoms. The van der Waals surface area contributed by atoms with Crippen LogP contribution >= 0.6 is 0 Å². The zero-order valence-electron chi connectivity index (χ0n) is 18.7. The average Bonchev–Trinajstić information content (AvgIpc) is 3.12. The second-order valence-electron chi connectivity index (χ2n) is 9.74. The van der Waals surface area contributed by atoms with Crippen molar-refractivity contribution >= 4 is 11.9 Å². The fraction of sp³-hybridized carbons (Fsp3) is 0.909. The molecule has 7 nitrogen and oxygen atoms in total. The van der Waals surface area contributed by atoms with Gasteiger partial charge in [-0.05, 0) is 38.0 Å². The molecule has 4 fully saturated rings. The maximum Gasteiger partial charge on any atom is 0.490 e. The zero-order valence-corrected chi connectivity index (χ0v) is 18.7. The Kier molecular flexibility index (Phi) is 8.43. The Labute approximate surface area is 187 Å². The van der Waals surface area contributed by atoms with Gasteiger partial charge in [-0.3, -0.25) is 4.79 Å². The number of rotatable bonds is 7. The molecule has 2 heterocycles. The number of carbonyl (C=O) groups excluding carboxylic acids is 1. The van der Waals surface area contributed by atoms with Gasteiger partial charge in [-0.1, -0.05) is 12.8 Å². The first-order valence-electron chi connectivity index (χ1n) is 11.5. The molecule has 2 saturated heterocycles. The van der Waals surface area contributed by atoms with E-state index in [1.54, 1.807) is 0 Å². The highest BCUT2D eigenvalue weighted by molar-refractivity contribution is 5.77. The van der Waals surface area contributed by atoms with E-state index in [9.17, 15) is 18.0 Å². The van der Waals surface area contributed by atoms with Crippen molar-refractivity contribution in [3.05, 3.63) is 0 Å². The zero-order chi connectivity index (χ0) is 23.4. The van der Waals surface area contributed by atoms with Gasteiger partial charge in [0.05, 0.1) is 12.7 Å². The first kappa shape index (κ1) is 25.2. The van der Waals surface area contributed by atoms with Crippen LogP contribution < -0.4 is 0 Å². The van der Waals surface area contributed by atoms with Gasteiger partial charge in [-0.2, -0.15) is 13.2 Å². The maximum atomic E-state index is 12.6. The molecule has 2 aliphatic carbocycles. The van der Waals surface area contributed by atoms with E-state index in [4.69, 9.17) is 19.4 Å². The monoisotopic (exact) mass is 464 g/mol. The Morgan fingerprint density at radius 1 is 1.12 bits per heavy atom. The molecule has 1 N–H and O–H groups in total. The molecule has 2 atom stereocenters. The smallest absolute Gasteiger partial charge is 0.475 e. The van der Waals surface area contributed by atoms with E-state index in [1.165, 1.54) is 32.2 Å². The van der Waals surface area contributed by atoms with Crippen LogP contribution in [0, 0.1) is 17.3 Å². The molecule has 0 bridgehead atoms. The Morgan fingerprint density at radius 2 is 1.78 bits per heavy atom. The average molecular weight is 465 g/mol. The summed E-state index contributed by atoms with van der Waals surface area (Å²) in [7, 11) is 1.81. The van der Waals surface area contributed by atoms with Gasteiger partial charge >= 0.3 is 12.1 Å². The molecule has 10 heteroatoms. The number of methoxy groups -OCH3 is 1. The van der Waals surface area contributed by atoms with Crippen LogP contribution in [0.5, 0.6) is 0 Å². The predicted molar refractivity (Wildman–Crippen MR) is 110 cm³/mol. The maximum absolute atomic E-state index is 12.6. The van der Waals surface area contributed by atoms with Crippen LogP contribution in [0.2, 0.25) is 0 Å². The molecule has 0 aromatic heterocycles. The molecule has 4 rings (SSSR count). The van der Waals surface area contributed by atoms with E-state index < -0.39 is 12.1 Å². The summed E-state index contributed by atoms with van der Waals surface area (Å²) < 4.78 is 43.1. The molecule has 4 aliphatic rings. The summed E-state index contributed by atoms with van der Waals surface area (Å²) in [6, 6.07) is 0. The normalized spacial score (nSPS) is 28.9. The summed E-state index contributed by atoms with van der Waals surface area (Å²) in [6.07, 6.45) is 3.93. The fourth-order valence-electron chi connectivity index (χ4n) is 5.29. The third kappa shape index (κ3) is 6.81. The van der Waals surface area contributed by atoms with Crippen LogP contribution in [-0.4, -0.2) is 92.1 Å². The summed E-state index contributed by atoms with van der Waals surface area (Å²) in [4.78, 5) is 26.2. The van der Waals surface area contributed by atoms with Gasteiger partial charge in [-0.15, -0.1) is 0 Å². The topological polar surface area (TPSA) is 79.3 Å². The molecule has 1 spiro atoms. The van der Waals surface area contributed by atoms with Crippen LogP contribution in [0.15, 0.2) is 0 Å². The highest BCUT2D eigenvalue weighted by Crippen LogP contribution is 2.45. The highest BCUT2D eigenvalue weighted by atomic mass is 19.4. The van der Waals surface area contributed by atoms with Gasteiger partial charge in [0.2, 0.25) is 5.91 Å². The van der Waals surface area contributed by atoms with Gasteiger partial charge in [0.1, 0.15) is 6.61 Å². The van der Waals surface area contributed by atoms with Crippen molar-refractivity contribution in [1.29, 1.82) is 0 Å². The lowest BCUT2D eigenvalue weighted by atomic mass is 9.77. The van der Waals surface area contributed by atoms with Crippen LogP contribution in [0.3, 0.4) is 0 Å². The SMILES string of the molecule is COC[C@H]1CN(CC2CC2)C[C@@]12CCN(C(=O)COC1CCCC1)C2.O=C(O)C(F)(F)F. The standard InChI is InChI=1S/C20H34N2O3.C2HF3O2/c1-24-12-17-11-21(10-16-6-7-16)14-20(17)8-9-22(15-20)19(23)13-25-18-4-2-3-5-18;3-2(4,5)1(6)7/h16-18H,2-15H2,1H3;(H,6,7)/t17-,20-;/m1./s1. The first-order valence-corrected chi connectivity index (χ1v) is 11.5. The van der Waals surface area contributed by atoms with E-state index in [0.29, 0.717) is 12.0 Å². The van der Waals surface area contributed by atoms with Crippen molar-refractivity contribution in [2.24, 2.45) is 17.3 Å². The summed E-state index contributed by atoms with van der Waals surface area (Å²) in [5, 5.41) is 7.12. The molecular weight excluding hydrogens is 429 g/mol. The Balaban J connectivity index is 0.000000360. The number of nitrogens with zero attached hydrogens (tertiary/aromatic N) is 2. The van der Waals surface area contributed by atoms with Crippen molar-refractivity contribution in [2.45, 2.75) is 57.2 Å². The highest BCUT2D eigenvalue weighted by Gasteiger charge is 2.51. The molecule has 1 amide bonds. The minimum atomic E-state index is -5.08. The summed E-state index contributed by atoms with van der Waals surface area (Å²) >= 11 is 0. The van der Waals surface area contributed by atoms with Crippen LogP contribution in [0.4, 0.5) is 13.2 Å². The van der Waals surface area contributed by atoms with Crippen LogP contribution in [0.1, 0.15) is 44.9 Å². The number of carbonyl (C=O) groups is 2. The van der Waals surface area contributed by atoms with Gasteiger partial charge in [-0.25, -0.2) is 4.79 Å². The number of aliphatic carboxylic acids is 1. The van der Waals surface area contributed by atoms with E-state index in [0.717, 1.165) is 58.0 Å². The number of ether oxygens (including phenoxy) is 2. The largest absolute Gasteiger partial charge is 0.490 e. The van der Waals surface area contributed by atoms with E-state index in [-0.39, 0.29) is 17.9 Å². The second kappa shape index (κ2) is 10.7. The molecule has 184 valence electrons. The Hall–Kier alpha value is -1.39. The van der Waals surface area contributed by atoms with Gasteiger partial charge in [0.15, 0.2) is 0 Å². The lowest BCUT2D eigenvalue weighted by Crippen LogP contribution is -2.39. The summed E-state index contributed by atoms with van der Waals surface area (Å²) in [5.74, 6) is -1.07. The van der Waals surface area contributed by atoms with Gasteiger partial charge in [0, 0.05) is 51.2 Å². The second-order valence-corrected chi connectivity index (χ2v) is 9.74. The third-order valence-corrected chi connectivity index (χ3v) is 7.19. The molecule has 0 aromatic carbocycles. The Morgan fingerprint density at radius 3 is 2.34 bits per heavy atom. The number of likely N-dealkylation sites (tertiary alicyclic amines) is 2.